The molecule has 1 aliphatic heterocycles. The number of aromatic nitrogens is 1. The molecule has 4 rings (SSSR count). The van der Waals surface area contributed by atoms with Gasteiger partial charge in [-0.2, -0.15) is 0 Å². The molecule has 0 saturated heterocycles. The molecule has 0 fully saturated rings. The fraction of sp³-hybridized carbons (Fsp3) is 0.100. The first-order chi connectivity index (χ1) is 13.2. The van der Waals surface area contributed by atoms with Gasteiger partial charge in [0.15, 0.2) is 16.6 Å². The maximum Gasteiger partial charge on any atom is 0.260 e. The summed E-state index contributed by atoms with van der Waals surface area (Å²) in [5.74, 6) is 1.03. The summed E-state index contributed by atoms with van der Waals surface area (Å²) in [4.78, 5) is 19.3. The number of rotatable bonds is 5. The number of carbonyl (C=O) groups is 1. The molecule has 5 nitrogen and oxygen atoms in total. The monoisotopic (exact) mass is 398 g/mol. The Labute approximate surface area is 165 Å². The van der Waals surface area contributed by atoms with Gasteiger partial charge in [0.05, 0.1) is 5.69 Å². The molecule has 0 saturated carbocycles. The van der Waals surface area contributed by atoms with Crippen molar-refractivity contribution in [1.82, 2.24) is 4.98 Å². The van der Waals surface area contributed by atoms with Crippen molar-refractivity contribution >= 4 is 34.0 Å². The molecule has 0 atom stereocenters. The summed E-state index contributed by atoms with van der Waals surface area (Å²) in [6.45, 7) is 4.27. The molecule has 2 aromatic carbocycles. The minimum absolute atomic E-state index is 0.167. The van der Waals surface area contributed by atoms with E-state index in [1.165, 1.54) is 11.3 Å². The quantitative estimate of drug-likeness (QED) is 0.566. The second kappa shape index (κ2) is 7.42. The predicted molar refractivity (Wildman–Crippen MR) is 107 cm³/mol. The van der Waals surface area contributed by atoms with Crippen molar-refractivity contribution in [3.05, 3.63) is 71.1 Å². The van der Waals surface area contributed by atoms with Gasteiger partial charge in [-0.3, -0.25) is 9.69 Å². The van der Waals surface area contributed by atoms with Crippen molar-refractivity contribution in [3.8, 4) is 22.8 Å². The van der Waals surface area contributed by atoms with Crippen molar-refractivity contribution in [1.29, 1.82) is 0 Å². The van der Waals surface area contributed by atoms with Crippen LogP contribution in [-0.2, 0) is 0 Å². The van der Waals surface area contributed by atoms with E-state index in [0.717, 1.165) is 11.3 Å². The first kappa shape index (κ1) is 17.6. The number of hydrogen-bond acceptors (Lipinski definition) is 5. The highest BCUT2D eigenvalue weighted by Gasteiger charge is 2.23. The molecule has 0 aliphatic carbocycles. The molecule has 1 amide bonds. The van der Waals surface area contributed by atoms with Gasteiger partial charge in [-0.25, -0.2) is 4.98 Å². The van der Waals surface area contributed by atoms with E-state index < -0.39 is 0 Å². The standard InChI is InChI=1S/C20H15ClN2O3S/c1-2-9-23(19(24)14-5-8-17-18(10-14)26-12-25-17)20-22-16(11-27-20)13-3-6-15(21)7-4-13/h2-8,10-11H,1,9,12H2. The number of ether oxygens (including phenoxy) is 2. The van der Waals surface area contributed by atoms with Crippen molar-refractivity contribution in [3.63, 3.8) is 0 Å². The third kappa shape index (κ3) is 3.54. The molecular weight excluding hydrogens is 384 g/mol. The Morgan fingerprint density at radius 3 is 2.78 bits per heavy atom. The van der Waals surface area contributed by atoms with Gasteiger partial charge in [0.25, 0.3) is 5.91 Å². The first-order valence-corrected chi connectivity index (χ1v) is 9.45. The summed E-state index contributed by atoms with van der Waals surface area (Å²) in [7, 11) is 0. The Kier molecular flexibility index (Phi) is 4.83. The number of anilines is 1. The molecule has 0 N–H and O–H groups in total. The number of thiazole rings is 1. The lowest BCUT2D eigenvalue weighted by Gasteiger charge is -2.18. The van der Waals surface area contributed by atoms with Crippen molar-refractivity contribution < 1.29 is 14.3 Å². The van der Waals surface area contributed by atoms with Crippen LogP contribution < -0.4 is 14.4 Å². The Morgan fingerprint density at radius 1 is 1.22 bits per heavy atom. The Bertz CT molecular complexity index is 1000. The molecule has 0 radical (unpaired) electrons. The van der Waals surface area contributed by atoms with Crippen LogP contribution in [-0.4, -0.2) is 24.2 Å². The highest BCUT2D eigenvalue weighted by Crippen LogP contribution is 2.34. The summed E-state index contributed by atoms with van der Waals surface area (Å²) in [6.07, 6.45) is 1.67. The van der Waals surface area contributed by atoms with Gasteiger partial charge >= 0.3 is 0 Å². The molecule has 0 bridgehead atoms. The van der Waals surface area contributed by atoms with Gasteiger partial charge in [-0.05, 0) is 30.3 Å². The second-order valence-corrected chi connectivity index (χ2v) is 7.07. The van der Waals surface area contributed by atoms with Gasteiger partial charge in [0, 0.05) is 28.1 Å². The molecule has 3 aromatic rings. The summed E-state index contributed by atoms with van der Waals surface area (Å²) in [5.41, 5.74) is 2.24. The van der Waals surface area contributed by atoms with E-state index in [1.807, 2.05) is 29.6 Å². The van der Waals surface area contributed by atoms with Crippen LogP contribution in [0.3, 0.4) is 0 Å². The SMILES string of the molecule is C=CCN(C(=O)c1ccc2c(c1)OCO2)c1nc(-c2ccc(Cl)cc2)cs1. The number of amides is 1. The topological polar surface area (TPSA) is 51.7 Å². The Balaban J connectivity index is 1.63. The van der Waals surface area contributed by atoms with Crippen LogP contribution in [0.2, 0.25) is 5.02 Å². The normalized spacial score (nSPS) is 12.0. The lowest BCUT2D eigenvalue weighted by Crippen LogP contribution is -2.30. The molecule has 1 aromatic heterocycles. The fourth-order valence-electron chi connectivity index (χ4n) is 2.70. The number of carbonyl (C=O) groups excluding carboxylic acids is 1. The number of hydrogen-bond donors (Lipinski definition) is 0. The number of nitrogens with zero attached hydrogens (tertiary/aromatic N) is 2. The Morgan fingerprint density at radius 2 is 2.00 bits per heavy atom. The molecule has 1 aliphatic rings. The van der Waals surface area contributed by atoms with E-state index in [1.54, 1.807) is 29.2 Å². The average molecular weight is 399 g/mol. The smallest absolute Gasteiger partial charge is 0.260 e. The minimum Gasteiger partial charge on any atom is -0.454 e. The van der Waals surface area contributed by atoms with Gasteiger partial charge in [0.1, 0.15) is 0 Å². The molecule has 0 unspecified atom stereocenters. The zero-order chi connectivity index (χ0) is 18.8. The van der Waals surface area contributed by atoms with Crippen LogP contribution in [0, 0.1) is 0 Å². The van der Waals surface area contributed by atoms with Crippen LogP contribution in [0.1, 0.15) is 10.4 Å². The van der Waals surface area contributed by atoms with Crippen LogP contribution in [0.4, 0.5) is 5.13 Å². The molecule has 2 heterocycles. The molecule has 0 spiro atoms. The highest BCUT2D eigenvalue weighted by molar-refractivity contribution is 7.14. The maximum absolute atomic E-state index is 13.1. The van der Waals surface area contributed by atoms with Crippen LogP contribution in [0.15, 0.2) is 60.5 Å². The van der Waals surface area contributed by atoms with Gasteiger partial charge in [-0.15, -0.1) is 17.9 Å². The van der Waals surface area contributed by atoms with Gasteiger partial charge in [-0.1, -0.05) is 29.8 Å². The summed E-state index contributed by atoms with van der Waals surface area (Å²) >= 11 is 7.35. The lowest BCUT2D eigenvalue weighted by atomic mass is 10.1. The third-order valence-electron chi connectivity index (χ3n) is 4.04. The van der Waals surface area contributed by atoms with E-state index >= 15 is 0 Å². The van der Waals surface area contributed by atoms with Crippen molar-refractivity contribution in [2.45, 2.75) is 0 Å². The molecular formula is C20H15ClN2O3S. The number of halogens is 1. The third-order valence-corrected chi connectivity index (χ3v) is 5.15. The maximum atomic E-state index is 13.1. The van der Waals surface area contributed by atoms with Crippen LogP contribution in [0.25, 0.3) is 11.3 Å². The van der Waals surface area contributed by atoms with Crippen molar-refractivity contribution in [2.75, 3.05) is 18.2 Å². The summed E-state index contributed by atoms with van der Waals surface area (Å²) < 4.78 is 10.7. The number of fused-ring (bicyclic) bond motifs is 1. The summed E-state index contributed by atoms with van der Waals surface area (Å²) in [6, 6.07) is 12.6. The fourth-order valence-corrected chi connectivity index (χ4v) is 3.67. The average Bonchev–Trinajstić information content (AvgIpc) is 3.35. The van der Waals surface area contributed by atoms with Gasteiger partial charge < -0.3 is 9.47 Å². The predicted octanol–water partition coefficient (Wildman–Crippen LogP) is 5.03. The molecule has 7 heteroatoms. The summed E-state index contributed by atoms with van der Waals surface area (Å²) in [5, 5.41) is 3.18. The molecule has 136 valence electrons. The second-order valence-electron chi connectivity index (χ2n) is 5.79. The zero-order valence-corrected chi connectivity index (χ0v) is 15.8. The van der Waals surface area contributed by atoms with Crippen molar-refractivity contribution in [2.24, 2.45) is 0 Å². The van der Waals surface area contributed by atoms with Crippen LogP contribution in [0.5, 0.6) is 11.5 Å². The Hall–Kier alpha value is -2.83. The highest BCUT2D eigenvalue weighted by atomic mass is 35.5. The van der Waals surface area contributed by atoms with E-state index in [2.05, 4.69) is 11.6 Å². The molecule has 27 heavy (non-hydrogen) atoms. The van der Waals surface area contributed by atoms with Crippen LogP contribution >= 0.6 is 22.9 Å². The van der Waals surface area contributed by atoms with E-state index in [0.29, 0.717) is 33.8 Å². The van der Waals surface area contributed by atoms with E-state index in [9.17, 15) is 4.79 Å². The minimum atomic E-state index is -0.176. The lowest BCUT2D eigenvalue weighted by molar-refractivity contribution is 0.0989. The largest absolute Gasteiger partial charge is 0.454 e. The zero-order valence-electron chi connectivity index (χ0n) is 14.2. The van der Waals surface area contributed by atoms with E-state index in [-0.39, 0.29) is 12.7 Å². The number of benzene rings is 2. The first-order valence-electron chi connectivity index (χ1n) is 8.19. The van der Waals surface area contributed by atoms with Gasteiger partial charge in [0.2, 0.25) is 6.79 Å². The van der Waals surface area contributed by atoms with E-state index in [4.69, 9.17) is 21.1 Å².